The lowest BCUT2D eigenvalue weighted by Gasteiger charge is -2.59. The first-order valence-corrected chi connectivity index (χ1v) is 15.4. The molecule has 41 heavy (non-hydrogen) atoms. The summed E-state index contributed by atoms with van der Waals surface area (Å²) < 4.78 is 46.0. The highest BCUT2D eigenvalue weighted by atomic mass is 35.5. The van der Waals surface area contributed by atoms with Gasteiger partial charge in [-0.1, -0.05) is 23.2 Å². The van der Waals surface area contributed by atoms with E-state index in [0.29, 0.717) is 81.0 Å². The number of aromatic amines is 1. The molecular formula is C27H27Cl2FN6O4S. The van der Waals surface area contributed by atoms with Crippen LogP contribution in [0.2, 0.25) is 10.0 Å². The number of sulfonamides is 1. The van der Waals surface area contributed by atoms with Crippen molar-refractivity contribution in [2.75, 3.05) is 37.3 Å². The maximum Gasteiger partial charge on any atom is 0.211 e. The average Bonchev–Trinajstić information content (AvgIpc) is 3.26. The highest BCUT2D eigenvalue weighted by Crippen LogP contribution is 2.44. The fourth-order valence-corrected chi connectivity index (χ4v) is 7.28. The van der Waals surface area contributed by atoms with Crippen molar-refractivity contribution in [3.63, 3.8) is 0 Å². The molecule has 1 atom stereocenters. The number of H-pyrrole nitrogens is 1. The average molecular weight is 622 g/mol. The van der Waals surface area contributed by atoms with Crippen LogP contribution in [0.5, 0.6) is 5.75 Å². The van der Waals surface area contributed by atoms with Crippen molar-refractivity contribution >= 4 is 49.9 Å². The third-order valence-corrected chi connectivity index (χ3v) is 9.71. The van der Waals surface area contributed by atoms with E-state index in [4.69, 9.17) is 27.9 Å². The SMILES string of the molecule is Cc1ncc(Cl)c([C@@H](C)Oc2cc3c(-c4cnc(N5CC6(C5)CN(S(C)(=O)=O)C6)c(CO)c4)n[nH]c3cc2F)c1Cl. The number of aliphatic hydroxyl groups excluding tert-OH is 1. The second-order valence-electron chi connectivity index (χ2n) is 10.8. The number of aromatic nitrogens is 4. The maximum atomic E-state index is 15.0. The highest BCUT2D eigenvalue weighted by Gasteiger charge is 2.54. The van der Waals surface area contributed by atoms with Crippen LogP contribution in [0, 0.1) is 18.2 Å². The molecule has 1 aromatic carbocycles. The maximum absolute atomic E-state index is 15.0. The topological polar surface area (TPSA) is 125 Å². The van der Waals surface area contributed by atoms with Crippen molar-refractivity contribution in [3.8, 4) is 17.0 Å². The number of aryl methyl sites for hydroxylation is 1. The third-order valence-electron chi connectivity index (χ3n) is 7.74. The lowest BCUT2D eigenvalue weighted by Crippen LogP contribution is -2.73. The van der Waals surface area contributed by atoms with Gasteiger partial charge in [0.25, 0.3) is 0 Å². The summed E-state index contributed by atoms with van der Waals surface area (Å²) in [6.45, 7) is 5.54. The number of rotatable bonds is 7. The number of aliphatic hydroxyl groups is 1. The molecule has 0 radical (unpaired) electrons. The van der Waals surface area contributed by atoms with E-state index >= 15 is 4.39 Å². The molecule has 0 aliphatic carbocycles. The summed E-state index contributed by atoms with van der Waals surface area (Å²) in [6, 6.07) is 4.67. The predicted octanol–water partition coefficient (Wildman–Crippen LogP) is 4.49. The molecule has 1 spiro atoms. The van der Waals surface area contributed by atoms with Gasteiger partial charge in [-0.2, -0.15) is 5.10 Å². The van der Waals surface area contributed by atoms with Gasteiger partial charge in [0, 0.05) is 72.1 Å². The summed E-state index contributed by atoms with van der Waals surface area (Å²) in [7, 11) is -3.19. The Morgan fingerprint density at radius 2 is 1.90 bits per heavy atom. The van der Waals surface area contributed by atoms with Crippen LogP contribution < -0.4 is 9.64 Å². The van der Waals surface area contributed by atoms with Gasteiger partial charge in [0.1, 0.15) is 17.6 Å². The van der Waals surface area contributed by atoms with Crippen molar-refractivity contribution in [2.24, 2.45) is 5.41 Å². The second kappa shape index (κ2) is 10.1. The van der Waals surface area contributed by atoms with E-state index in [9.17, 15) is 13.5 Å². The Labute approximate surface area is 246 Å². The minimum Gasteiger partial charge on any atom is -0.483 e. The number of halogens is 3. The van der Waals surface area contributed by atoms with Gasteiger partial charge < -0.3 is 14.7 Å². The molecule has 2 aliphatic heterocycles. The minimum absolute atomic E-state index is 0.00396. The third kappa shape index (κ3) is 4.91. The summed E-state index contributed by atoms with van der Waals surface area (Å²) in [6.07, 6.45) is 3.69. The Balaban J connectivity index is 1.26. The Morgan fingerprint density at radius 3 is 2.59 bits per heavy atom. The van der Waals surface area contributed by atoms with Gasteiger partial charge in [0.2, 0.25) is 10.0 Å². The molecule has 0 saturated carbocycles. The molecule has 0 bridgehead atoms. The van der Waals surface area contributed by atoms with Gasteiger partial charge in [-0.15, -0.1) is 0 Å². The van der Waals surface area contributed by atoms with E-state index in [2.05, 4.69) is 20.2 Å². The largest absolute Gasteiger partial charge is 0.483 e. The Kier molecular flexibility index (Phi) is 6.89. The van der Waals surface area contributed by atoms with Crippen LogP contribution in [0.3, 0.4) is 0 Å². The number of ether oxygens (including phenoxy) is 1. The molecule has 2 fully saturated rings. The zero-order chi connectivity index (χ0) is 29.3. The number of anilines is 1. The fraction of sp³-hybridized carbons (Fsp3) is 0.370. The molecule has 216 valence electrons. The molecule has 4 aromatic rings. The van der Waals surface area contributed by atoms with E-state index in [1.807, 2.05) is 4.90 Å². The molecule has 10 nitrogen and oxygen atoms in total. The molecule has 2 saturated heterocycles. The predicted molar refractivity (Wildman–Crippen MR) is 154 cm³/mol. The van der Waals surface area contributed by atoms with Crippen molar-refractivity contribution in [3.05, 3.63) is 63.3 Å². The lowest BCUT2D eigenvalue weighted by molar-refractivity contribution is 0.0392. The van der Waals surface area contributed by atoms with Crippen LogP contribution in [-0.2, 0) is 16.6 Å². The minimum atomic E-state index is -3.19. The Hall–Kier alpha value is -3.03. The van der Waals surface area contributed by atoms with E-state index in [1.54, 1.807) is 32.2 Å². The van der Waals surface area contributed by atoms with Crippen molar-refractivity contribution in [2.45, 2.75) is 26.6 Å². The van der Waals surface area contributed by atoms with Crippen LogP contribution in [0.1, 0.15) is 29.8 Å². The van der Waals surface area contributed by atoms with E-state index in [0.717, 1.165) is 0 Å². The number of nitrogens with one attached hydrogen (secondary N) is 1. The lowest BCUT2D eigenvalue weighted by atomic mass is 9.74. The number of nitrogens with zero attached hydrogens (tertiary/aromatic N) is 5. The Bertz CT molecular complexity index is 1790. The van der Waals surface area contributed by atoms with E-state index in [-0.39, 0.29) is 17.8 Å². The van der Waals surface area contributed by atoms with Gasteiger partial charge in [0.05, 0.1) is 34.1 Å². The number of hydrogen-bond acceptors (Lipinski definition) is 8. The molecule has 2 aliphatic rings. The van der Waals surface area contributed by atoms with Crippen LogP contribution in [0.4, 0.5) is 10.2 Å². The summed E-state index contributed by atoms with van der Waals surface area (Å²) in [5.41, 5.74) is 3.25. The summed E-state index contributed by atoms with van der Waals surface area (Å²) in [5.74, 6) is 0.0553. The molecule has 2 N–H and O–H groups in total. The van der Waals surface area contributed by atoms with E-state index < -0.39 is 21.9 Å². The van der Waals surface area contributed by atoms with Gasteiger partial charge in [-0.05, 0) is 26.0 Å². The molecule has 6 rings (SSSR count). The molecule has 0 unspecified atom stereocenters. The smallest absolute Gasteiger partial charge is 0.211 e. The normalized spacial score (nSPS) is 17.5. The summed E-state index contributed by atoms with van der Waals surface area (Å²) in [5, 5.41) is 18.7. The number of fused-ring (bicyclic) bond motifs is 1. The second-order valence-corrected chi connectivity index (χ2v) is 13.6. The van der Waals surface area contributed by atoms with Gasteiger partial charge in [0.15, 0.2) is 11.6 Å². The molecular weight excluding hydrogens is 594 g/mol. The standard InChI is InChI=1S/C27H27Cl2FN6O4S/c1-14-24(29)23(19(28)8-31-14)15(2)40-22-5-18-21(6-20(22)30)33-34-25(18)16-4-17(9-37)26(32-7-16)35-10-27(11-35)12-36(13-27)41(3,38)39/h4-8,15,37H,9-13H2,1-3H3,(H,33,34)/t15-/m1/s1. The number of hydrogen-bond donors (Lipinski definition) is 2. The summed E-state index contributed by atoms with van der Waals surface area (Å²) >= 11 is 12.7. The highest BCUT2D eigenvalue weighted by molar-refractivity contribution is 7.88. The zero-order valence-corrected chi connectivity index (χ0v) is 24.8. The van der Waals surface area contributed by atoms with Crippen LogP contribution in [-0.4, -0.2) is 70.4 Å². The quantitative estimate of drug-likeness (QED) is 0.310. The Morgan fingerprint density at radius 1 is 1.17 bits per heavy atom. The van der Waals surface area contributed by atoms with Crippen molar-refractivity contribution in [1.29, 1.82) is 0 Å². The van der Waals surface area contributed by atoms with E-state index in [1.165, 1.54) is 22.8 Å². The van der Waals surface area contributed by atoms with Crippen LogP contribution in [0.15, 0.2) is 30.6 Å². The first-order chi connectivity index (χ1) is 19.4. The first kappa shape index (κ1) is 28.1. The molecule has 5 heterocycles. The van der Waals surface area contributed by atoms with Crippen molar-refractivity contribution < 1.29 is 22.7 Å². The first-order valence-electron chi connectivity index (χ1n) is 12.8. The van der Waals surface area contributed by atoms with Gasteiger partial charge >= 0.3 is 0 Å². The molecule has 0 amide bonds. The van der Waals surface area contributed by atoms with Crippen molar-refractivity contribution in [1.82, 2.24) is 24.5 Å². The monoisotopic (exact) mass is 620 g/mol. The van der Waals surface area contributed by atoms with Crippen LogP contribution >= 0.6 is 23.2 Å². The summed E-state index contributed by atoms with van der Waals surface area (Å²) in [4.78, 5) is 10.8. The number of benzene rings is 1. The fourth-order valence-electron chi connectivity index (χ4n) is 5.61. The van der Waals surface area contributed by atoms with Crippen LogP contribution in [0.25, 0.3) is 22.2 Å². The van der Waals surface area contributed by atoms with Gasteiger partial charge in [-0.25, -0.2) is 22.1 Å². The zero-order valence-electron chi connectivity index (χ0n) is 22.4. The molecule has 14 heteroatoms. The van der Waals surface area contributed by atoms with Gasteiger partial charge in [-0.3, -0.25) is 10.1 Å². The number of pyridine rings is 2. The molecule has 3 aromatic heterocycles.